The Morgan fingerprint density at radius 1 is 0.944 bits per heavy atom. The Balaban J connectivity index is 3.01. The minimum Gasteiger partial charge on any atom is -0.188 e. The largest absolute Gasteiger partial charge is 0.460 e. The molecule has 102 valence electrons. The smallest absolute Gasteiger partial charge is 0.188 e. The van der Waals surface area contributed by atoms with Gasteiger partial charge in [0.1, 0.15) is 0 Å². The van der Waals surface area contributed by atoms with Crippen LogP contribution in [0.5, 0.6) is 0 Å². The van der Waals surface area contributed by atoms with Crippen molar-refractivity contribution in [3.05, 3.63) is 29.8 Å². The number of thioether (sulfide) groups is 1. The molecule has 0 aromatic heterocycles. The van der Waals surface area contributed by atoms with E-state index in [1.54, 1.807) is 0 Å². The molecule has 0 aliphatic carbocycles. The molecule has 1 aromatic rings. The highest BCUT2D eigenvalue weighted by Crippen LogP contribution is 2.53. The summed E-state index contributed by atoms with van der Waals surface area (Å²) in [4.78, 5) is -0.357. The SMILES string of the molecule is Cc1cccc(SC(F)(F)C(F)(F)C(F)(F)F)c1. The predicted molar refractivity (Wildman–Crippen MR) is 53.0 cm³/mol. The van der Waals surface area contributed by atoms with E-state index in [0.29, 0.717) is 5.56 Å². The third-order valence-corrected chi connectivity index (χ3v) is 2.96. The van der Waals surface area contributed by atoms with E-state index < -0.39 is 29.1 Å². The first-order valence-corrected chi connectivity index (χ1v) is 5.37. The Hall–Kier alpha value is -0.920. The first-order chi connectivity index (χ1) is 7.97. The Morgan fingerprint density at radius 3 is 1.94 bits per heavy atom. The molecular formula is C10H7F7S. The minimum absolute atomic E-state index is 0.357. The number of alkyl halides is 7. The van der Waals surface area contributed by atoms with Crippen LogP contribution in [0.1, 0.15) is 5.56 Å². The quantitative estimate of drug-likeness (QED) is 0.565. The second-order valence-electron chi connectivity index (χ2n) is 3.51. The summed E-state index contributed by atoms with van der Waals surface area (Å²) in [5, 5.41) is -5.26. The molecule has 18 heavy (non-hydrogen) atoms. The van der Waals surface area contributed by atoms with Crippen molar-refractivity contribution >= 4 is 11.8 Å². The van der Waals surface area contributed by atoms with Crippen molar-refractivity contribution < 1.29 is 30.7 Å². The third-order valence-electron chi connectivity index (χ3n) is 1.96. The average Bonchev–Trinajstić information content (AvgIpc) is 2.14. The Bertz CT molecular complexity index is 424. The van der Waals surface area contributed by atoms with E-state index in [9.17, 15) is 30.7 Å². The minimum atomic E-state index is -6.30. The van der Waals surface area contributed by atoms with Crippen LogP contribution in [0.4, 0.5) is 30.7 Å². The molecule has 0 heterocycles. The number of rotatable bonds is 3. The van der Waals surface area contributed by atoms with Crippen molar-refractivity contribution in [2.24, 2.45) is 0 Å². The van der Waals surface area contributed by atoms with E-state index in [2.05, 4.69) is 0 Å². The van der Waals surface area contributed by atoms with Gasteiger partial charge in [-0.2, -0.15) is 30.7 Å². The van der Waals surface area contributed by atoms with Crippen LogP contribution in [0.25, 0.3) is 0 Å². The third kappa shape index (κ3) is 2.90. The maximum atomic E-state index is 13.0. The predicted octanol–water partition coefficient (Wildman–Crippen LogP) is 4.88. The number of benzene rings is 1. The summed E-state index contributed by atoms with van der Waals surface area (Å²) in [5.74, 6) is -6.09. The van der Waals surface area contributed by atoms with Crippen LogP contribution < -0.4 is 0 Å². The molecule has 0 nitrogen and oxygen atoms in total. The molecule has 0 amide bonds. The lowest BCUT2D eigenvalue weighted by Gasteiger charge is -2.27. The highest BCUT2D eigenvalue weighted by atomic mass is 32.2. The molecule has 8 heteroatoms. The average molecular weight is 292 g/mol. The van der Waals surface area contributed by atoms with E-state index in [0.717, 1.165) is 12.1 Å². The van der Waals surface area contributed by atoms with Crippen molar-refractivity contribution in [1.29, 1.82) is 0 Å². The van der Waals surface area contributed by atoms with Gasteiger partial charge in [0, 0.05) is 4.90 Å². The molecule has 0 atom stereocenters. The molecule has 0 radical (unpaired) electrons. The zero-order valence-electron chi connectivity index (χ0n) is 8.86. The molecule has 0 saturated heterocycles. The summed E-state index contributed by atoms with van der Waals surface area (Å²) in [6.07, 6.45) is -6.30. The molecule has 0 aliphatic heterocycles. The van der Waals surface area contributed by atoms with Gasteiger partial charge >= 0.3 is 17.4 Å². The van der Waals surface area contributed by atoms with Crippen LogP contribution in [0.2, 0.25) is 0 Å². The Kier molecular flexibility index (Phi) is 3.90. The van der Waals surface area contributed by atoms with Crippen LogP contribution in [0.15, 0.2) is 29.2 Å². The molecule has 1 aromatic carbocycles. The molecule has 0 spiro atoms. The standard InChI is InChI=1S/C10H7F7S/c1-6-3-2-4-7(5-6)18-10(16,17)8(11,12)9(13,14)15/h2-5H,1H3. The van der Waals surface area contributed by atoms with E-state index in [1.165, 1.54) is 19.1 Å². The van der Waals surface area contributed by atoms with Crippen molar-refractivity contribution in [1.82, 2.24) is 0 Å². The summed E-state index contributed by atoms with van der Waals surface area (Å²) >= 11 is -0.809. The molecule has 0 saturated carbocycles. The lowest BCUT2D eigenvalue weighted by atomic mass is 10.2. The fourth-order valence-corrected chi connectivity index (χ4v) is 1.99. The molecule has 0 unspecified atom stereocenters. The molecule has 0 aliphatic rings. The molecular weight excluding hydrogens is 285 g/mol. The molecule has 0 bridgehead atoms. The molecule has 0 N–H and O–H groups in total. The van der Waals surface area contributed by atoms with Gasteiger partial charge in [-0.1, -0.05) is 17.7 Å². The van der Waals surface area contributed by atoms with Gasteiger partial charge in [0.15, 0.2) is 0 Å². The second-order valence-corrected chi connectivity index (χ2v) is 4.70. The van der Waals surface area contributed by atoms with Crippen molar-refractivity contribution in [3.8, 4) is 0 Å². The Labute approximate surface area is 102 Å². The lowest BCUT2D eigenvalue weighted by Crippen LogP contribution is -2.49. The summed E-state index contributed by atoms with van der Waals surface area (Å²) in [6.45, 7) is 1.50. The monoisotopic (exact) mass is 292 g/mol. The fraction of sp³-hybridized carbons (Fsp3) is 0.400. The van der Waals surface area contributed by atoms with Crippen LogP contribution in [-0.4, -0.2) is 17.4 Å². The van der Waals surface area contributed by atoms with E-state index in [-0.39, 0.29) is 4.90 Å². The lowest BCUT2D eigenvalue weighted by molar-refractivity contribution is -0.330. The van der Waals surface area contributed by atoms with Crippen LogP contribution in [0, 0.1) is 6.92 Å². The normalized spacial score (nSPS) is 13.8. The van der Waals surface area contributed by atoms with Crippen LogP contribution in [0.3, 0.4) is 0 Å². The molecule has 1 rings (SSSR count). The molecule has 0 fully saturated rings. The van der Waals surface area contributed by atoms with Crippen molar-refractivity contribution in [3.63, 3.8) is 0 Å². The first kappa shape index (κ1) is 15.1. The van der Waals surface area contributed by atoms with Gasteiger partial charge in [-0.05, 0) is 30.8 Å². The van der Waals surface area contributed by atoms with Crippen molar-refractivity contribution in [2.75, 3.05) is 0 Å². The summed E-state index contributed by atoms with van der Waals surface area (Å²) in [5.41, 5.74) is 0.478. The van der Waals surface area contributed by atoms with Crippen LogP contribution >= 0.6 is 11.8 Å². The zero-order valence-corrected chi connectivity index (χ0v) is 9.68. The Morgan fingerprint density at radius 2 is 1.50 bits per heavy atom. The highest BCUT2D eigenvalue weighted by Gasteiger charge is 2.73. The topological polar surface area (TPSA) is 0 Å². The second kappa shape index (κ2) is 4.64. The summed E-state index contributed by atoms with van der Waals surface area (Å²) in [7, 11) is 0. The van der Waals surface area contributed by atoms with Gasteiger partial charge in [0.2, 0.25) is 0 Å². The maximum Gasteiger partial charge on any atom is 0.460 e. The zero-order chi connectivity index (χ0) is 14.2. The van der Waals surface area contributed by atoms with Gasteiger partial charge in [0.05, 0.1) is 0 Å². The van der Waals surface area contributed by atoms with Crippen molar-refractivity contribution in [2.45, 2.75) is 29.2 Å². The van der Waals surface area contributed by atoms with Gasteiger partial charge < -0.3 is 0 Å². The summed E-state index contributed by atoms with van der Waals surface area (Å²) in [6, 6.07) is 4.94. The maximum absolute atomic E-state index is 13.0. The van der Waals surface area contributed by atoms with Gasteiger partial charge in [-0.3, -0.25) is 0 Å². The summed E-state index contributed by atoms with van der Waals surface area (Å²) < 4.78 is 86.8. The number of hydrogen-bond donors (Lipinski definition) is 0. The van der Waals surface area contributed by atoms with Gasteiger partial charge in [0.25, 0.3) is 0 Å². The van der Waals surface area contributed by atoms with E-state index >= 15 is 0 Å². The van der Waals surface area contributed by atoms with E-state index in [1.807, 2.05) is 0 Å². The van der Waals surface area contributed by atoms with Crippen LogP contribution in [-0.2, 0) is 0 Å². The van der Waals surface area contributed by atoms with Gasteiger partial charge in [-0.25, -0.2) is 0 Å². The fourth-order valence-electron chi connectivity index (χ4n) is 1.06. The van der Waals surface area contributed by atoms with E-state index in [4.69, 9.17) is 0 Å². The first-order valence-electron chi connectivity index (χ1n) is 4.55. The highest BCUT2D eigenvalue weighted by molar-refractivity contribution is 8.00. The number of aryl methyl sites for hydroxylation is 1. The number of hydrogen-bond acceptors (Lipinski definition) is 1. The number of halogens is 7. The van der Waals surface area contributed by atoms with Gasteiger partial charge in [-0.15, -0.1) is 0 Å².